The van der Waals surface area contributed by atoms with Crippen LogP contribution in [0.5, 0.6) is 5.75 Å². The fourth-order valence-corrected chi connectivity index (χ4v) is 2.98. The second-order valence-corrected chi connectivity index (χ2v) is 8.13. The minimum absolute atomic E-state index is 0.194. The Morgan fingerprint density at radius 3 is 2.48 bits per heavy atom. The fourth-order valence-electron chi connectivity index (χ4n) is 2.80. The average Bonchev–Trinajstić information content (AvgIpc) is 2.55. The molecule has 0 heterocycles. The molecule has 25 heavy (non-hydrogen) atoms. The van der Waals surface area contributed by atoms with Gasteiger partial charge in [0.15, 0.2) is 0 Å². The van der Waals surface area contributed by atoms with Gasteiger partial charge in [-0.15, -0.1) is 0 Å². The molecule has 0 atom stereocenters. The topological polar surface area (TPSA) is 21.3 Å². The lowest BCUT2D eigenvalue weighted by Crippen LogP contribution is -2.24. The third-order valence-electron chi connectivity index (χ3n) is 4.56. The lowest BCUT2D eigenvalue weighted by Gasteiger charge is -2.26. The number of rotatable bonds is 8. The predicted octanol–water partition coefficient (Wildman–Crippen LogP) is 6.56. The zero-order valence-electron chi connectivity index (χ0n) is 16.1. The molecule has 0 aromatic heterocycles. The molecule has 2 aromatic carbocycles. The molecule has 0 amide bonds. The first-order valence-electron chi connectivity index (χ1n) is 8.97. The third kappa shape index (κ3) is 6.28. The predicted molar refractivity (Wildman–Crippen MR) is 109 cm³/mol. The van der Waals surface area contributed by atoms with Crippen LogP contribution in [0.3, 0.4) is 0 Å². The van der Waals surface area contributed by atoms with Crippen molar-refractivity contribution in [1.82, 2.24) is 0 Å². The molecular formula is C22H30ClNO. The highest BCUT2D eigenvalue weighted by Gasteiger charge is 2.18. The van der Waals surface area contributed by atoms with Crippen LogP contribution in [0.25, 0.3) is 0 Å². The Morgan fingerprint density at radius 2 is 1.72 bits per heavy atom. The summed E-state index contributed by atoms with van der Waals surface area (Å²) in [7, 11) is 0. The molecule has 2 rings (SSSR count). The fraction of sp³-hybridized carbons (Fsp3) is 0.455. The van der Waals surface area contributed by atoms with Crippen molar-refractivity contribution in [1.29, 1.82) is 0 Å². The first kappa shape index (κ1) is 19.7. The van der Waals surface area contributed by atoms with E-state index in [1.54, 1.807) is 0 Å². The summed E-state index contributed by atoms with van der Waals surface area (Å²) >= 11 is 6.09. The van der Waals surface area contributed by atoms with Crippen LogP contribution in [0.4, 0.5) is 5.69 Å². The maximum absolute atomic E-state index is 6.09. The van der Waals surface area contributed by atoms with Crippen LogP contribution < -0.4 is 10.1 Å². The van der Waals surface area contributed by atoms with Crippen molar-refractivity contribution in [3.8, 4) is 5.75 Å². The van der Waals surface area contributed by atoms with Crippen LogP contribution in [0.1, 0.15) is 43.4 Å². The van der Waals surface area contributed by atoms with E-state index in [-0.39, 0.29) is 5.41 Å². The molecule has 0 saturated carbocycles. The molecule has 2 nitrogen and oxygen atoms in total. The lowest BCUT2D eigenvalue weighted by atomic mass is 9.87. The van der Waals surface area contributed by atoms with E-state index in [9.17, 15) is 0 Å². The molecule has 1 N–H and O–H groups in total. The van der Waals surface area contributed by atoms with Crippen molar-refractivity contribution < 1.29 is 4.74 Å². The molecule has 0 aliphatic heterocycles. The Labute approximate surface area is 157 Å². The van der Waals surface area contributed by atoms with Crippen molar-refractivity contribution in [2.45, 2.75) is 47.5 Å². The summed E-state index contributed by atoms with van der Waals surface area (Å²) in [5.41, 5.74) is 4.97. The molecular weight excluding hydrogens is 330 g/mol. The summed E-state index contributed by atoms with van der Waals surface area (Å²) < 4.78 is 5.97. The smallest absolute Gasteiger partial charge is 0.122 e. The molecule has 0 aliphatic rings. The van der Waals surface area contributed by atoms with Crippen LogP contribution in [0.15, 0.2) is 36.4 Å². The number of hydrogen-bond donors (Lipinski definition) is 1. The Morgan fingerprint density at radius 1 is 1.00 bits per heavy atom. The zero-order valence-corrected chi connectivity index (χ0v) is 16.8. The van der Waals surface area contributed by atoms with Crippen molar-refractivity contribution >= 4 is 17.3 Å². The summed E-state index contributed by atoms with van der Waals surface area (Å²) in [6.07, 6.45) is 2.14. The van der Waals surface area contributed by atoms with Gasteiger partial charge >= 0.3 is 0 Å². The molecule has 0 radical (unpaired) electrons. The highest BCUT2D eigenvalue weighted by Crippen LogP contribution is 2.26. The summed E-state index contributed by atoms with van der Waals surface area (Å²) in [6.45, 7) is 12.5. The van der Waals surface area contributed by atoms with E-state index in [1.165, 1.54) is 16.7 Å². The van der Waals surface area contributed by atoms with E-state index in [1.807, 2.05) is 12.1 Å². The van der Waals surface area contributed by atoms with Crippen molar-refractivity contribution in [2.75, 3.05) is 18.5 Å². The van der Waals surface area contributed by atoms with E-state index in [2.05, 4.69) is 64.2 Å². The van der Waals surface area contributed by atoms with Gasteiger partial charge in [0.2, 0.25) is 0 Å². The number of aryl methyl sites for hydroxylation is 3. The van der Waals surface area contributed by atoms with Gasteiger partial charge in [0.05, 0.1) is 6.61 Å². The maximum atomic E-state index is 6.09. The summed E-state index contributed by atoms with van der Waals surface area (Å²) in [6, 6.07) is 12.3. The van der Waals surface area contributed by atoms with Crippen molar-refractivity contribution in [3.63, 3.8) is 0 Å². The number of hydrogen-bond acceptors (Lipinski definition) is 2. The van der Waals surface area contributed by atoms with Crippen LogP contribution in [-0.4, -0.2) is 13.2 Å². The van der Waals surface area contributed by atoms with Gasteiger partial charge in [-0.05, 0) is 73.9 Å². The first-order valence-corrected chi connectivity index (χ1v) is 9.35. The molecule has 0 aliphatic carbocycles. The second kappa shape index (κ2) is 8.62. The van der Waals surface area contributed by atoms with Gasteiger partial charge < -0.3 is 10.1 Å². The van der Waals surface area contributed by atoms with E-state index in [0.29, 0.717) is 0 Å². The standard InChI is InChI=1S/C22H30ClNO/c1-16-7-8-18(3)21(13-16)25-12-6-11-22(4,5)15-24-20-14-19(23)10-9-17(20)2/h7-10,13-14,24H,6,11-12,15H2,1-5H3. The molecule has 136 valence electrons. The number of ether oxygens (including phenoxy) is 1. The Hall–Kier alpha value is -1.67. The molecule has 0 spiro atoms. The van der Waals surface area contributed by atoms with Gasteiger partial charge in [-0.1, -0.05) is 43.6 Å². The Bertz CT molecular complexity index is 709. The third-order valence-corrected chi connectivity index (χ3v) is 4.79. The second-order valence-electron chi connectivity index (χ2n) is 7.70. The van der Waals surface area contributed by atoms with Gasteiger partial charge in [-0.3, -0.25) is 0 Å². The Balaban J connectivity index is 1.79. The van der Waals surface area contributed by atoms with E-state index in [0.717, 1.165) is 42.5 Å². The monoisotopic (exact) mass is 359 g/mol. The van der Waals surface area contributed by atoms with E-state index in [4.69, 9.17) is 16.3 Å². The number of nitrogens with one attached hydrogen (secondary N) is 1. The summed E-state index contributed by atoms with van der Waals surface area (Å²) in [5.74, 6) is 1.01. The minimum atomic E-state index is 0.194. The van der Waals surface area contributed by atoms with Gasteiger partial charge in [0.1, 0.15) is 5.75 Å². The van der Waals surface area contributed by atoms with E-state index >= 15 is 0 Å². The molecule has 0 fully saturated rings. The van der Waals surface area contributed by atoms with Crippen LogP contribution in [0.2, 0.25) is 5.02 Å². The SMILES string of the molecule is Cc1ccc(C)c(OCCCC(C)(C)CNc2cc(Cl)ccc2C)c1. The van der Waals surface area contributed by atoms with Gasteiger partial charge in [-0.25, -0.2) is 0 Å². The molecule has 2 aromatic rings. The minimum Gasteiger partial charge on any atom is -0.493 e. The maximum Gasteiger partial charge on any atom is 0.122 e. The van der Waals surface area contributed by atoms with Crippen molar-refractivity contribution in [3.05, 3.63) is 58.1 Å². The summed E-state index contributed by atoms with van der Waals surface area (Å²) in [5, 5.41) is 4.32. The number of halogens is 1. The molecule has 0 saturated heterocycles. The van der Waals surface area contributed by atoms with E-state index < -0.39 is 0 Å². The number of anilines is 1. The van der Waals surface area contributed by atoms with Crippen molar-refractivity contribution in [2.24, 2.45) is 5.41 Å². The lowest BCUT2D eigenvalue weighted by molar-refractivity contribution is 0.263. The summed E-state index contributed by atoms with van der Waals surface area (Å²) in [4.78, 5) is 0. The van der Waals surface area contributed by atoms with Gasteiger partial charge in [0.25, 0.3) is 0 Å². The highest BCUT2D eigenvalue weighted by atomic mass is 35.5. The molecule has 3 heteroatoms. The first-order chi connectivity index (χ1) is 11.8. The molecule has 0 unspecified atom stereocenters. The highest BCUT2D eigenvalue weighted by molar-refractivity contribution is 6.30. The quantitative estimate of drug-likeness (QED) is 0.538. The Kier molecular flexibility index (Phi) is 6.78. The van der Waals surface area contributed by atoms with Gasteiger partial charge in [0, 0.05) is 17.3 Å². The van der Waals surface area contributed by atoms with Crippen LogP contribution >= 0.6 is 11.6 Å². The van der Waals surface area contributed by atoms with Gasteiger partial charge in [-0.2, -0.15) is 0 Å². The normalized spacial score (nSPS) is 11.4. The molecule has 0 bridgehead atoms. The van der Waals surface area contributed by atoms with Crippen LogP contribution in [0, 0.1) is 26.2 Å². The zero-order chi connectivity index (χ0) is 18.4. The average molecular weight is 360 g/mol. The van der Waals surface area contributed by atoms with Crippen LogP contribution in [-0.2, 0) is 0 Å². The largest absolute Gasteiger partial charge is 0.493 e. The number of benzene rings is 2.